The number of piperazine rings is 1. The van der Waals surface area contributed by atoms with Crippen LogP contribution in [-0.2, 0) is 13.1 Å². The van der Waals surface area contributed by atoms with E-state index < -0.39 is 0 Å². The highest BCUT2D eigenvalue weighted by molar-refractivity contribution is 6.04. The molecule has 0 saturated carbocycles. The number of aromatic nitrogens is 3. The number of benzene rings is 2. The van der Waals surface area contributed by atoms with E-state index in [1.165, 1.54) is 5.56 Å². The molecule has 2 aromatic heterocycles. The molecule has 1 aliphatic rings. The Kier molecular flexibility index (Phi) is 8.24. The number of rotatable bonds is 8. The molecule has 8 heteroatoms. The van der Waals surface area contributed by atoms with Crippen LogP contribution in [0.25, 0.3) is 11.3 Å². The lowest BCUT2D eigenvalue weighted by Crippen LogP contribution is -2.43. The van der Waals surface area contributed by atoms with Crippen molar-refractivity contribution in [2.45, 2.75) is 26.9 Å². The van der Waals surface area contributed by atoms with Crippen molar-refractivity contribution >= 4 is 23.2 Å². The van der Waals surface area contributed by atoms with Crippen LogP contribution in [-0.4, -0.2) is 58.9 Å². The van der Waals surface area contributed by atoms with Crippen LogP contribution in [0.1, 0.15) is 28.4 Å². The predicted octanol–water partition coefficient (Wildman–Crippen LogP) is 4.50. The first kappa shape index (κ1) is 26.5. The number of hydrogen-bond acceptors (Lipinski definition) is 6. The molecule has 39 heavy (non-hydrogen) atoms. The van der Waals surface area contributed by atoms with Gasteiger partial charge in [0, 0.05) is 61.9 Å². The number of amides is 1. The van der Waals surface area contributed by atoms with E-state index >= 15 is 0 Å². The smallest absolute Gasteiger partial charge is 0.255 e. The topological polar surface area (TPSA) is 77.3 Å². The molecule has 4 aromatic rings. The van der Waals surface area contributed by atoms with E-state index in [0.717, 1.165) is 61.8 Å². The van der Waals surface area contributed by atoms with Crippen molar-refractivity contribution in [3.63, 3.8) is 0 Å². The van der Waals surface area contributed by atoms with Gasteiger partial charge in [0.25, 0.3) is 5.91 Å². The van der Waals surface area contributed by atoms with E-state index in [-0.39, 0.29) is 5.91 Å². The molecule has 8 nitrogen and oxygen atoms in total. The molecule has 1 fully saturated rings. The second kappa shape index (κ2) is 12.1. The minimum atomic E-state index is -0.137. The van der Waals surface area contributed by atoms with E-state index in [2.05, 4.69) is 50.2 Å². The van der Waals surface area contributed by atoms with Gasteiger partial charge in [0.15, 0.2) is 12.4 Å². The molecule has 0 aliphatic carbocycles. The Balaban J connectivity index is 1.24. The number of carbonyl (C=O) groups excluding carboxylic acids is 1. The summed E-state index contributed by atoms with van der Waals surface area (Å²) >= 11 is 0. The highest BCUT2D eigenvalue weighted by atomic mass is 16.1. The van der Waals surface area contributed by atoms with Gasteiger partial charge in [-0.1, -0.05) is 18.2 Å². The minimum Gasteiger partial charge on any atom is -0.324 e. The molecule has 3 heterocycles. The summed E-state index contributed by atoms with van der Waals surface area (Å²) in [6.45, 7) is 10.3. The molecule has 0 unspecified atom stereocenters. The van der Waals surface area contributed by atoms with Gasteiger partial charge in [0.05, 0.1) is 11.3 Å². The number of hydrogen-bond donors (Lipinski definition) is 2. The van der Waals surface area contributed by atoms with Crippen molar-refractivity contribution in [2.75, 3.05) is 43.9 Å². The molecule has 2 aromatic carbocycles. The quantitative estimate of drug-likeness (QED) is 0.332. The van der Waals surface area contributed by atoms with Gasteiger partial charge in [0.1, 0.15) is 6.54 Å². The summed E-state index contributed by atoms with van der Waals surface area (Å²) in [5.41, 5.74) is 6.29. The predicted molar refractivity (Wildman–Crippen MR) is 155 cm³/mol. The number of likely N-dealkylation sites (N-methyl/N-ethyl adjacent to an activating group) is 1. The summed E-state index contributed by atoms with van der Waals surface area (Å²) in [7, 11) is 2.16. The minimum absolute atomic E-state index is 0.137. The number of aryl methyl sites for hydroxylation is 2. The van der Waals surface area contributed by atoms with Gasteiger partial charge in [-0.2, -0.15) is 0 Å². The molecule has 2 N–H and O–H groups in total. The fourth-order valence-corrected chi connectivity index (χ4v) is 4.63. The zero-order valence-corrected chi connectivity index (χ0v) is 22.9. The molecular weight excluding hydrogens is 486 g/mol. The number of carbonyl (C=O) groups is 1. The molecular formula is C31H36N7O+. The summed E-state index contributed by atoms with van der Waals surface area (Å²) < 4.78 is 2.11. The van der Waals surface area contributed by atoms with E-state index in [4.69, 9.17) is 4.98 Å². The maximum atomic E-state index is 13.0. The van der Waals surface area contributed by atoms with Crippen LogP contribution in [0.2, 0.25) is 0 Å². The van der Waals surface area contributed by atoms with Crippen molar-refractivity contribution in [1.82, 2.24) is 19.8 Å². The van der Waals surface area contributed by atoms with Gasteiger partial charge in [0.2, 0.25) is 5.95 Å². The lowest BCUT2D eigenvalue weighted by Gasteiger charge is -2.32. The first-order valence-corrected chi connectivity index (χ1v) is 13.5. The highest BCUT2D eigenvalue weighted by Crippen LogP contribution is 2.24. The van der Waals surface area contributed by atoms with Crippen molar-refractivity contribution in [3.8, 4) is 11.3 Å². The second-order valence-electron chi connectivity index (χ2n) is 10.1. The van der Waals surface area contributed by atoms with Gasteiger partial charge >= 0.3 is 0 Å². The van der Waals surface area contributed by atoms with E-state index in [1.54, 1.807) is 6.20 Å². The summed E-state index contributed by atoms with van der Waals surface area (Å²) in [4.78, 5) is 26.9. The fourth-order valence-electron chi connectivity index (χ4n) is 4.63. The van der Waals surface area contributed by atoms with E-state index in [0.29, 0.717) is 17.2 Å². The molecule has 1 saturated heterocycles. The summed E-state index contributed by atoms with van der Waals surface area (Å²) in [5, 5.41) is 6.35. The summed E-state index contributed by atoms with van der Waals surface area (Å²) in [6.07, 6.45) is 5.87. The SMILES string of the molecule is CC[n+]1cccc(-c2ccnc(Nc3cc(NC(=O)c4ccc(CN5CCN(C)CC5)cc4)ccc3C)n2)c1. The molecule has 5 rings (SSSR count). The first-order valence-electron chi connectivity index (χ1n) is 13.5. The van der Waals surface area contributed by atoms with Crippen LogP contribution in [0.5, 0.6) is 0 Å². The number of anilines is 3. The third-order valence-electron chi connectivity index (χ3n) is 7.13. The Labute approximate surface area is 230 Å². The van der Waals surface area contributed by atoms with Crippen LogP contribution >= 0.6 is 0 Å². The van der Waals surface area contributed by atoms with Crippen molar-refractivity contribution in [2.24, 2.45) is 0 Å². The lowest BCUT2D eigenvalue weighted by molar-refractivity contribution is -0.693. The first-order chi connectivity index (χ1) is 19.0. The van der Waals surface area contributed by atoms with Gasteiger partial charge in [-0.25, -0.2) is 14.5 Å². The van der Waals surface area contributed by atoms with E-state index in [1.807, 2.05) is 73.8 Å². The zero-order valence-electron chi connectivity index (χ0n) is 22.9. The van der Waals surface area contributed by atoms with Gasteiger partial charge in [-0.05, 0) is 68.4 Å². The van der Waals surface area contributed by atoms with Crippen molar-refractivity contribution < 1.29 is 9.36 Å². The molecule has 0 atom stereocenters. The number of pyridine rings is 1. The third kappa shape index (κ3) is 6.85. The maximum absolute atomic E-state index is 13.0. The summed E-state index contributed by atoms with van der Waals surface area (Å²) in [5.74, 6) is 0.365. The normalized spacial score (nSPS) is 14.2. The average Bonchev–Trinajstić information content (AvgIpc) is 2.96. The van der Waals surface area contributed by atoms with Gasteiger partial charge in [-0.15, -0.1) is 0 Å². The second-order valence-corrected chi connectivity index (χ2v) is 10.1. The maximum Gasteiger partial charge on any atom is 0.255 e. The Morgan fingerprint density at radius 2 is 1.82 bits per heavy atom. The third-order valence-corrected chi connectivity index (χ3v) is 7.13. The standard InChI is InChI=1S/C31H35N7O/c1-4-37-15-5-6-26(22-37)28-13-14-32-31(34-28)35-29-20-27(12-7-23(29)2)33-30(39)25-10-8-24(9-11-25)21-38-18-16-36(3)17-19-38/h5-15,20,22H,4,16-19,21H2,1-3H3,(H-,32,33,34,35,39)/p+1. The van der Waals surface area contributed by atoms with Crippen LogP contribution < -0.4 is 15.2 Å². The van der Waals surface area contributed by atoms with Gasteiger partial charge in [-0.3, -0.25) is 9.69 Å². The molecule has 200 valence electrons. The Morgan fingerprint density at radius 3 is 2.59 bits per heavy atom. The number of nitrogens with zero attached hydrogens (tertiary/aromatic N) is 5. The van der Waals surface area contributed by atoms with Crippen LogP contribution in [0, 0.1) is 6.92 Å². The average molecular weight is 523 g/mol. The molecule has 0 radical (unpaired) electrons. The fraction of sp³-hybridized carbons (Fsp3) is 0.290. The molecule has 0 bridgehead atoms. The Hall–Kier alpha value is -4.14. The monoisotopic (exact) mass is 522 g/mol. The summed E-state index contributed by atoms with van der Waals surface area (Å²) in [6, 6.07) is 19.7. The largest absolute Gasteiger partial charge is 0.324 e. The van der Waals surface area contributed by atoms with Crippen LogP contribution in [0.3, 0.4) is 0 Å². The van der Waals surface area contributed by atoms with Crippen molar-refractivity contribution in [1.29, 1.82) is 0 Å². The lowest BCUT2D eigenvalue weighted by atomic mass is 10.1. The zero-order chi connectivity index (χ0) is 27.2. The number of nitrogens with one attached hydrogen (secondary N) is 2. The van der Waals surface area contributed by atoms with Crippen LogP contribution in [0.4, 0.5) is 17.3 Å². The van der Waals surface area contributed by atoms with Crippen molar-refractivity contribution in [3.05, 3.63) is 95.9 Å². The van der Waals surface area contributed by atoms with Gasteiger partial charge < -0.3 is 15.5 Å². The highest BCUT2D eigenvalue weighted by Gasteiger charge is 2.15. The Morgan fingerprint density at radius 1 is 1.03 bits per heavy atom. The molecule has 0 spiro atoms. The van der Waals surface area contributed by atoms with E-state index in [9.17, 15) is 4.79 Å². The Bertz CT molecular complexity index is 1430. The molecule has 1 aliphatic heterocycles. The molecule has 1 amide bonds. The van der Waals surface area contributed by atoms with Crippen LogP contribution in [0.15, 0.2) is 79.3 Å².